The van der Waals surface area contributed by atoms with Gasteiger partial charge in [-0.15, -0.1) is 5.10 Å². The van der Waals surface area contributed by atoms with Crippen molar-refractivity contribution in [3.05, 3.63) is 88.2 Å². The van der Waals surface area contributed by atoms with Gasteiger partial charge in [0.25, 0.3) is 5.89 Å². The van der Waals surface area contributed by atoms with Crippen LogP contribution in [-0.4, -0.2) is 39.6 Å². The molecule has 0 aliphatic heterocycles. The van der Waals surface area contributed by atoms with Crippen LogP contribution in [0, 0.1) is 11.8 Å². The monoisotopic (exact) mass is 550 g/mol. The predicted molar refractivity (Wildman–Crippen MR) is 150 cm³/mol. The Kier molecular flexibility index (Phi) is 11.2. The smallest absolute Gasteiger partial charge is 0.437 e. The number of aryl methyl sites for hydroxylation is 1. The van der Waals surface area contributed by atoms with Crippen LogP contribution in [0.25, 0.3) is 0 Å². The Balaban J connectivity index is 1.75. The van der Waals surface area contributed by atoms with E-state index >= 15 is 0 Å². The van der Waals surface area contributed by atoms with Crippen molar-refractivity contribution in [1.29, 1.82) is 0 Å². The molecular weight excluding hydrogens is 512 g/mol. The lowest BCUT2D eigenvalue weighted by molar-refractivity contribution is -0.124. The van der Waals surface area contributed by atoms with Gasteiger partial charge in [0, 0.05) is 0 Å². The highest BCUT2D eigenvalue weighted by Gasteiger charge is 2.31. The molecule has 40 heavy (non-hydrogen) atoms. The number of Topliss-reactive ketones (excluding diaryl/α,β-unsaturated/α-hetero) is 1. The summed E-state index contributed by atoms with van der Waals surface area (Å²) in [6.07, 6.45) is 0.303. The fraction of sp³-hybridized carbons (Fsp3) is 0.433. The predicted octanol–water partition coefficient (Wildman–Crippen LogP) is 4.13. The van der Waals surface area contributed by atoms with Gasteiger partial charge >= 0.3 is 11.8 Å². The second kappa shape index (κ2) is 14.8. The van der Waals surface area contributed by atoms with Crippen LogP contribution >= 0.6 is 0 Å². The van der Waals surface area contributed by atoms with Gasteiger partial charge in [-0.1, -0.05) is 88.4 Å². The van der Waals surface area contributed by atoms with E-state index in [2.05, 4.69) is 15.7 Å². The molecule has 2 amide bonds. The number of aromatic nitrogens is 2. The van der Waals surface area contributed by atoms with E-state index in [1.165, 1.54) is 0 Å². The molecule has 2 atom stereocenters. The van der Waals surface area contributed by atoms with E-state index in [4.69, 9.17) is 9.15 Å². The average Bonchev–Trinajstić information content (AvgIpc) is 3.29. The first-order valence-corrected chi connectivity index (χ1v) is 13.6. The Morgan fingerprint density at radius 3 is 2.10 bits per heavy atom. The van der Waals surface area contributed by atoms with Crippen molar-refractivity contribution >= 4 is 17.8 Å². The van der Waals surface area contributed by atoms with E-state index in [0.29, 0.717) is 19.4 Å². The van der Waals surface area contributed by atoms with Gasteiger partial charge in [0.15, 0.2) is 0 Å². The summed E-state index contributed by atoms with van der Waals surface area (Å²) < 4.78 is 11.6. The van der Waals surface area contributed by atoms with Crippen molar-refractivity contribution in [3.63, 3.8) is 0 Å². The molecule has 3 rings (SSSR count). The summed E-state index contributed by atoms with van der Waals surface area (Å²) in [5.74, 6) is -2.07. The van der Waals surface area contributed by atoms with Gasteiger partial charge in [-0.2, -0.15) is 4.68 Å². The number of ketones is 1. The molecule has 0 unspecified atom stereocenters. The first-order chi connectivity index (χ1) is 19.1. The maximum absolute atomic E-state index is 13.4. The number of ether oxygens (including phenoxy) is 1. The van der Waals surface area contributed by atoms with Gasteiger partial charge in [-0.25, -0.2) is 9.59 Å². The summed E-state index contributed by atoms with van der Waals surface area (Å²) in [6, 6.07) is 16.7. The number of alkyl carbamates (subject to hydrolysis) is 1. The fourth-order valence-corrected chi connectivity index (χ4v) is 4.12. The number of hydrogen-bond acceptors (Lipinski definition) is 7. The topological polar surface area (TPSA) is 133 Å². The fourth-order valence-electron chi connectivity index (χ4n) is 4.12. The summed E-state index contributed by atoms with van der Waals surface area (Å²) in [5, 5.41) is 9.48. The molecule has 1 aromatic heterocycles. The van der Waals surface area contributed by atoms with Gasteiger partial charge < -0.3 is 19.8 Å². The summed E-state index contributed by atoms with van der Waals surface area (Å²) in [5.41, 5.74) is 1.79. The van der Waals surface area contributed by atoms with Crippen LogP contribution in [0.2, 0.25) is 0 Å². The summed E-state index contributed by atoms with van der Waals surface area (Å²) in [4.78, 5) is 51.7. The maximum atomic E-state index is 13.4. The van der Waals surface area contributed by atoms with Crippen molar-refractivity contribution in [2.45, 2.75) is 72.2 Å². The number of hydrogen-bond donors (Lipinski definition) is 2. The maximum Gasteiger partial charge on any atom is 0.437 e. The van der Waals surface area contributed by atoms with Crippen molar-refractivity contribution in [2.75, 3.05) is 0 Å². The first kappa shape index (κ1) is 30.3. The largest absolute Gasteiger partial charge is 0.445 e. The van der Waals surface area contributed by atoms with Crippen molar-refractivity contribution in [2.24, 2.45) is 11.8 Å². The van der Waals surface area contributed by atoms with Gasteiger partial charge in [0.1, 0.15) is 12.6 Å². The number of rotatable bonds is 14. The normalized spacial score (nSPS) is 12.7. The molecule has 2 aromatic carbocycles. The molecule has 0 fully saturated rings. The third-order valence-electron chi connectivity index (χ3n) is 6.08. The molecule has 10 heteroatoms. The van der Waals surface area contributed by atoms with Crippen LogP contribution < -0.4 is 16.4 Å². The Hall–Kier alpha value is -4.21. The first-order valence-electron chi connectivity index (χ1n) is 13.6. The minimum atomic E-state index is -1.03. The van der Waals surface area contributed by atoms with Crippen LogP contribution in [0.5, 0.6) is 0 Å². The second-order valence-corrected chi connectivity index (χ2v) is 10.6. The number of carbonyl (C=O) groups excluding carboxylic acids is 3. The summed E-state index contributed by atoms with van der Waals surface area (Å²) in [7, 11) is 0. The molecule has 0 radical (unpaired) electrons. The zero-order valence-corrected chi connectivity index (χ0v) is 23.5. The zero-order valence-electron chi connectivity index (χ0n) is 23.5. The Bertz CT molecular complexity index is 1300. The van der Waals surface area contributed by atoms with Crippen LogP contribution in [0.15, 0.2) is 69.9 Å². The van der Waals surface area contributed by atoms with E-state index in [-0.39, 0.29) is 30.8 Å². The molecule has 0 aliphatic rings. The van der Waals surface area contributed by atoms with Crippen LogP contribution in [0.4, 0.5) is 4.79 Å². The molecule has 3 aromatic rings. The lowest BCUT2D eigenvalue weighted by Crippen LogP contribution is -2.52. The SMILES string of the molecule is CC(C)C[C@H](NC(=O)OCc1ccccc1)C(=O)N[C@@H](CCc1ccccc1)C(=O)c1nn(CC(C)C)c(=O)o1. The minimum Gasteiger partial charge on any atom is -0.445 e. The molecule has 214 valence electrons. The standard InChI is InChI=1S/C30H38N4O6/c1-20(2)17-25(32-29(37)39-19-23-13-9-6-10-14-23)27(36)31-24(16-15-22-11-7-5-8-12-22)26(35)28-33-34(18-21(3)4)30(38)40-28/h5-14,20-21,24-25H,15-19H2,1-4H3,(H,31,36)(H,32,37)/t24-,25-/m0/s1. The lowest BCUT2D eigenvalue weighted by atomic mass is 9.99. The highest BCUT2D eigenvalue weighted by molar-refractivity contribution is 5.99. The molecule has 0 aliphatic carbocycles. The van der Waals surface area contributed by atoms with Gasteiger partial charge in [-0.05, 0) is 42.2 Å². The lowest BCUT2D eigenvalue weighted by Gasteiger charge is -2.23. The van der Waals surface area contributed by atoms with Crippen LogP contribution in [0.3, 0.4) is 0 Å². The van der Waals surface area contributed by atoms with Gasteiger partial charge in [0.05, 0.1) is 12.6 Å². The van der Waals surface area contributed by atoms with E-state index in [9.17, 15) is 19.2 Å². The van der Waals surface area contributed by atoms with E-state index in [1.54, 1.807) is 0 Å². The molecule has 1 heterocycles. The Labute approximate surface area is 234 Å². The second-order valence-electron chi connectivity index (χ2n) is 10.6. The van der Waals surface area contributed by atoms with E-state index in [1.807, 2.05) is 88.4 Å². The molecule has 10 nitrogen and oxygen atoms in total. The third-order valence-corrected chi connectivity index (χ3v) is 6.08. The summed E-state index contributed by atoms with van der Waals surface area (Å²) in [6.45, 7) is 8.02. The molecule has 0 saturated heterocycles. The third kappa shape index (κ3) is 9.52. The van der Waals surface area contributed by atoms with Gasteiger partial charge in [-0.3, -0.25) is 9.59 Å². The Morgan fingerprint density at radius 1 is 0.875 bits per heavy atom. The number of benzene rings is 2. The Morgan fingerprint density at radius 2 is 1.50 bits per heavy atom. The van der Waals surface area contributed by atoms with Crippen molar-refractivity contribution < 1.29 is 23.5 Å². The van der Waals surface area contributed by atoms with Crippen LogP contribution in [-0.2, 0) is 29.1 Å². The van der Waals surface area contributed by atoms with Gasteiger partial charge in [0.2, 0.25) is 11.7 Å². The summed E-state index contributed by atoms with van der Waals surface area (Å²) >= 11 is 0. The molecule has 0 bridgehead atoms. The minimum absolute atomic E-state index is 0.0545. The molecular formula is C30H38N4O6. The van der Waals surface area contributed by atoms with E-state index < -0.39 is 35.6 Å². The van der Waals surface area contributed by atoms with E-state index in [0.717, 1.165) is 15.8 Å². The average molecular weight is 551 g/mol. The molecule has 0 saturated carbocycles. The number of amides is 2. The molecule has 0 spiro atoms. The quantitative estimate of drug-likeness (QED) is 0.288. The van der Waals surface area contributed by atoms with Crippen molar-refractivity contribution in [3.8, 4) is 0 Å². The highest BCUT2D eigenvalue weighted by Crippen LogP contribution is 2.12. The van der Waals surface area contributed by atoms with Crippen molar-refractivity contribution in [1.82, 2.24) is 20.4 Å². The number of nitrogens with zero attached hydrogens (tertiary/aromatic N) is 2. The molecule has 2 N–H and O–H groups in total. The van der Waals surface area contributed by atoms with Crippen LogP contribution in [0.1, 0.15) is 62.3 Å². The highest BCUT2D eigenvalue weighted by atomic mass is 16.5. The number of nitrogens with one attached hydrogen (secondary N) is 2. The zero-order chi connectivity index (χ0) is 29.1. The number of carbonyl (C=O) groups is 3.